The first kappa shape index (κ1) is 13.5. The lowest BCUT2D eigenvalue weighted by Crippen LogP contribution is -2.20. The highest BCUT2D eigenvalue weighted by atomic mass is 79.9. The van der Waals surface area contributed by atoms with Gasteiger partial charge >= 0.3 is 0 Å². The molecule has 3 nitrogen and oxygen atoms in total. The molecule has 1 fully saturated rings. The molecule has 98 valence electrons. The number of nitrogens with zero attached hydrogens (tertiary/aromatic N) is 1. The van der Waals surface area contributed by atoms with Crippen LogP contribution in [0.5, 0.6) is 0 Å². The van der Waals surface area contributed by atoms with Gasteiger partial charge in [-0.25, -0.2) is 0 Å². The zero-order valence-electron chi connectivity index (χ0n) is 10.3. The van der Waals surface area contributed by atoms with E-state index in [1.165, 1.54) is 32.1 Å². The SMILES string of the molecule is O=[N+]([O-])c1ccccc1CC(Br)C1CCCCC1. The molecular formula is C14H18BrNO2. The fraction of sp³-hybridized carbons (Fsp3) is 0.571. The molecule has 1 aromatic carbocycles. The maximum atomic E-state index is 11.0. The topological polar surface area (TPSA) is 43.1 Å². The van der Waals surface area contributed by atoms with Crippen molar-refractivity contribution in [3.63, 3.8) is 0 Å². The van der Waals surface area contributed by atoms with Crippen molar-refractivity contribution in [1.82, 2.24) is 0 Å². The molecule has 4 heteroatoms. The monoisotopic (exact) mass is 311 g/mol. The summed E-state index contributed by atoms with van der Waals surface area (Å²) in [6, 6.07) is 7.07. The third kappa shape index (κ3) is 3.31. The molecule has 18 heavy (non-hydrogen) atoms. The second-order valence-electron chi connectivity index (χ2n) is 5.00. The number of hydrogen-bond acceptors (Lipinski definition) is 2. The van der Waals surface area contributed by atoms with Crippen LogP contribution in [0.15, 0.2) is 24.3 Å². The number of nitro groups is 1. The zero-order valence-corrected chi connectivity index (χ0v) is 11.9. The van der Waals surface area contributed by atoms with Crippen LogP contribution in [0.4, 0.5) is 5.69 Å². The van der Waals surface area contributed by atoms with Gasteiger partial charge in [0.05, 0.1) is 4.92 Å². The molecule has 0 aromatic heterocycles. The highest BCUT2D eigenvalue weighted by Crippen LogP contribution is 2.33. The Morgan fingerprint density at radius 2 is 1.94 bits per heavy atom. The maximum absolute atomic E-state index is 11.0. The normalized spacial score (nSPS) is 18.5. The highest BCUT2D eigenvalue weighted by Gasteiger charge is 2.24. The molecule has 1 saturated carbocycles. The fourth-order valence-electron chi connectivity index (χ4n) is 2.73. The van der Waals surface area contributed by atoms with E-state index in [2.05, 4.69) is 15.9 Å². The molecule has 0 spiro atoms. The highest BCUT2D eigenvalue weighted by molar-refractivity contribution is 9.09. The van der Waals surface area contributed by atoms with Crippen LogP contribution in [0.2, 0.25) is 0 Å². The smallest absolute Gasteiger partial charge is 0.258 e. The molecular weight excluding hydrogens is 294 g/mol. The van der Waals surface area contributed by atoms with E-state index < -0.39 is 0 Å². The van der Waals surface area contributed by atoms with E-state index in [1.54, 1.807) is 12.1 Å². The Balaban J connectivity index is 2.06. The van der Waals surface area contributed by atoms with Gasteiger partial charge < -0.3 is 0 Å². The van der Waals surface area contributed by atoms with Crippen LogP contribution in [0.25, 0.3) is 0 Å². The van der Waals surface area contributed by atoms with Gasteiger partial charge in [-0.3, -0.25) is 10.1 Å². The van der Waals surface area contributed by atoms with E-state index in [0.29, 0.717) is 10.7 Å². The number of halogens is 1. The van der Waals surface area contributed by atoms with Crippen LogP contribution in [0, 0.1) is 16.0 Å². The summed E-state index contributed by atoms with van der Waals surface area (Å²) in [5, 5.41) is 11.0. The van der Waals surface area contributed by atoms with E-state index >= 15 is 0 Å². The summed E-state index contributed by atoms with van der Waals surface area (Å²) in [5.41, 5.74) is 1.09. The van der Waals surface area contributed by atoms with E-state index in [-0.39, 0.29) is 10.6 Å². The number of rotatable bonds is 4. The van der Waals surface area contributed by atoms with Gasteiger partial charge in [0.1, 0.15) is 0 Å². The number of hydrogen-bond donors (Lipinski definition) is 0. The second kappa shape index (κ2) is 6.32. The van der Waals surface area contributed by atoms with Gasteiger partial charge in [0.25, 0.3) is 5.69 Å². The number of nitro benzene ring substituents is 1. The van der Waals surface area contributed by atoms with Crippen molar-refractivity contribution in [1.29, 1.82) is 0 Å². The molecule has 0 amide bonds. The summed E-state index contributed by atoms with van der Waals surface area (Å²) in [6.07, 6.45) is 7.17. The molecule has 1 aliphatic rings. The number of alkyl halides is 1. The van der Waals surface area contributed by atoms with E-state index in [4.69, 9.17) is 0 Å². The minimum absolute atomic E-state index is 0.248. The molecule has 0 saturated heterocycles. The Kier molecular flexibility index (Phi) is 4.75. The standard InChI is InChI=1S/C14H18BrNO2/c15-13(11-6-2-1-3-7-11)10-12-8-4-5-9-14(12)16(17)18/h4-5,8-9,11,13H,1-3,6-7,10H2. The molecule has 1 atom stereocenters. The van der Waals surface area contributed by atoms with E-state index in [1.807, 2.05) is 12.1 Å². The Bertz CT molecular complexity index is 416. The summed E-state index contributed by atoms with van der Waals surface area (Å²) < 4.78 is 0. The van der Waals surface area contributed by atoms with Gasteiger partial charge in [-0.15, -0.1) is 0 Å². The predicted octanol–water partition coefficient (Wildman–Crippen LogP) is 4.48. The fourth-order valence-corrected chi connectivity index (χ4v) is 3.61. The Morgan fingerprint density at radius 3 is 2.61 bits per heavy atom. The number of benzene rings is 1. The average molecular weight is 312 g/mol. The van der Waals surface area contributed by atoms with Crippen LogP contribution < -0.4 is 0 Å². The molecule has 0 bridgehead atoms. The van der Waals surface area contributed by atoms with Crippen LogP contribution in [-0.2, 0) is 6.42 Å². The Hall–Kier alpha value is -0.900. The van der Waals surface area contributed by atoms with E-state index in [0.717, 1.165) is 12.0 Å². The van der Waals surface area contributed by atoms with Crippen molar-refractivity contribution >= 4 is 21.6 Å². The predicted molar refractivity (Wildman–Crippen MR) is 76.1 cm³/mol. The lowest BCUT2D eigenvalue weighted by molar-refractivity contribution is -0.385. The first-order chi connectivity index (χ1) is 8.68. The van der Waals surface area contributed by atoms with Crippen LogP contribution >= 0.6 is 15.9 Å². The largest absolute Gasteiger partial charge is 0.272 e. The van der Waals surface area contributed by atoms with Crippen molar-refractivity contribution in [3.05, 3.63) is 39.9 Å². The number of para-hydroxylation sites is 1. The zero-order chi connectivity index (χ0) is 13.0. The van der Waals surface area contributed by atoms with Crippen molar-refractivity contribution < 1.29 is 4.92 Å². The van der Waals surface area contributed by atoms with Crippen LogP contribution in [0.1, 0.15) is 37.7 Å². The molecule has 2 rings (SSSR count). The average Bonchev–Trinajstić information content (AvgIpc) is 2.40. The van der Waals surface area contributed by atoms with Crippen LogP contribution in [-0.4, -0.2) is 9.75 Å². The molecule has 1 unspecified atom stereocenters. The maximum Gasteiger partial charge on any atom is 0.272 e. The summed E-state index contributed by atoms with van der Waals surface area (Å²) in [4.78, 5) is 11.0. The van der Waals surface area contributed by atoms with Gasteiger partial charge in [0.2, 0.25) is 0 Å². The van der Waals surface area contributed by atoms with Gasteiger partial charge in [0.15, 0.2) is 0 Å². The first-order valence-electron chi connectivity index (χ1n) is 6.55. The minimum atomic E-state index is -0.282. The van der Waals surface area contributed by atoms with Gasteiger partial charge in [-0.1, -0.05) is 53.4 Å². The summed E-state index contributed by atoms with van der Waals surface area (Å²) in [7, 11) is 0. The lowest BCUT2D eigenvalue weighted by atomic mass is 9.85. The molecule has 0 N–H and O–H groups in total. The second-order valence-corrected chi connectivity index (χ2v) is 6.18. The Labute approximate surface area is 116 Å². The third-order valence-electron chi connectivity index (χ3n) is 3.76. The van der Waals surface area contributed by atoms with Crippen molar-refractivity contribution in [3.8, 4) is 0 Å². The summed E-state index contributed by atoms with van der Waals surface area (Å²) in [5.74, 6) is 0.665. The van der Waals surface area contributed by atoms with Crippen molar-refractivity contribution in [2.45, 2.75) is 43.4 Å². The van der Waals surface area contributed by atoms with Crippen molar-refractivity contribution in [2.24, 2.45) is 5.92 Å². The Morgan fingerprint density at radius 1 is 1.28 bits per heavy atom. The van der Waals surface area contributed by atoms with E-state index in [9.17, 15) is 10.1 Å². The quantitative estimate of drug-likeness (QED) is 0.467. The minimum Gasteiger partial charge on any atom is -0.258 e. The summed E-state index contributed by atoms with van der Waals surface area (Å²) in [6.45, 7) is 0. The molecule has 0 radical (unpaired) electrons. The van der Waals surface area contributed by atoms with Crippen molar-refractivity contribution in [2.75, 3.05) is 0 Å². The first-order valence-corrected chi connectivity index (χ1v) is 7.46. The van der Waals surface area contributed by atoms with Gasteiger partial charge in [-0.05, 0) is 25.2 Å². The van der Waals surface area contributed by atoms with Gasteiger partial charge in [-0.2, -0.15) is 0 Å². The third-order valence-corrected chi connectivity index (χ3v) is 4.84. The molecule has 0 heterocycles. The van der Waals surface area contributed by atoms with Crippen LogP contribution in [0.3, 0.4) is 0 Å². The summed E-state index contributed by atoms with van der Waals surface area (Å²) >= 11 is 3.74. The molecule has 1 aromatic rings. The molecule has 1 aliphatic carbocycles. The molecule has 0 aliphatic heterocycles. The lowest BCUT2D eigenvalue weighted by Gasteiger charge is -2.26. The van der Waals surface area contributed by atoms with Gasteiger partial charge in [0, 0.05) is 16.5 Å².